The lowest BCUT2D eigenvalue weighted by atomic mass is 9.99. The number of aryl methyl sites for hydroxylation is 1. The standard InChI is InChI=1S/C26H25ClN4O2/c1-16-23-24(18-10-11-18)30(26(33)25(23)31(28-16)20-8-3-2-4-9-20)21-14-29(15-21)22(32)13-17-6-5-7-19(27)12-17/h2-9,12,18,21,24H,10-11,13-15H2,1H3. The van der Waals surface area contributed by atoms with Gasteiger partial charge in [0.05, 0.1) is 29.9 Å². The van der Waals surface area contributed by atoms with Crippen molar-refractivity contribution in [3.05, 3.63) is 82.1 Å². The molecule has 2 amide bonds. The van der Waals surface area contributed by atoms with E-state index in [1.165, 1.54) is 0 Å². The molecule has 1 atom stereocenters. The minimum absolute atomic E-state index is 0.0401. The van der Waals surface area contributed by atoms with Gasteiger partial charge in [0.15, 0.2) is 0 Å². The van der Waals surface area contributed by atoms with Crippen LogP contribution in [0.15, 0.2) is 54.6 Å². The number of fused-ring (bicyclic) bond motifs is 1. The molecule has 0 bridgehead atoms. The van der Waals surface area contributed by atoms with E-state index >= 15 is 0 Å². The molecule has 3 heterocycles. The Morgan fingerprint density at radius 2 is 1.85 bits per heavy atom. The molecule has 2 fully saturated rings. The van der Waals surface area contributed by atoms with Gasteiger partial charge in [-0.15, -0.1) is 0 Å². The van der Waals surface area contributed by atoms with E-state index in [0.29, 0.717) is 36.1 Å². The Morgan fingerprint density at radius 3 is 2.55 bits per heavy atom. The molecule has 3 aliphatic rings. The predicted octanol–water partition coefficient (Wildman–Crippen LogP) is 4.19. The van der Waals surface area contributed by atoms with Gasteiger partial charge in [0, 0.05) is 23.7 Å². The summed E-state index contributed by atoms with van der Waals surface area (Å²) in [5.41, 5.74) is 4.51. The summed E-state index contributed by atoms with van der Waals surface area (Å²) in [7, 11) is 0. The third kappa shape index (κ3) is 3.44. The average Bonchev–Trinajstić information content (AvgIpc) is 3.49. The van der Waals surface area contributed by atoms with Crippen molar-refractivity contribution in [1.82, 2.24) is 19.6 Å². The number of nitrogens with zero attached hydrogens (tertiary/aromatic N) is 4. The van der Waals surface area contributed by atoms with Crippen LogP contribution in [0.3, 0.4) is 0 Å². The summed E-state index contributed by atoms with van der Waals surface area (Å²) in [6, 6.07) is 17.4. The van der Waals surface area contributed by atoms with Crippen LogP contribution >= 0.6 is 11.6 Å². The largest absolute Gasteiger partial charge is 0.338 e. The third-order valence-corrected chi connectivity index (χ3v) is 7.30. The van der Waals surface area contributed by atoms with E-state index in [4.69, 9.17) is 16.7 Å². The third-order valence-electron chi connectivity index (χ3n) is 7.06. The Kier molecular flexibility index (Phi) is 4.80. The molecule has 168 valence electrons. The molecule has 3 aromatic rings. The van der Waals surface area contributed by atoms with Gasteiger partial charge in [0.1, 0.15) is 5.69 Å². The van der Waals surface area contributed by atoms with Crippen molar-refractivity contribution in [1.29, 1.82) is 0 Å². The van der Waals surface area contributed by atoms with Crippen LogP contribution < -0.4 is 0 Å². The van der Waals surface area contributed by atoms with Crippen molar-refractivity contribution < 1.29 is 9.59 Å². The van der Waals surface area contributed by atoms with E-state index in [2.05, 4.69) is 4.90 Å². The summed E-state index contributed by atoms with van der Waals surface area (Å²) in [5.74, 6) is 0.601. The maximum atomic E-state index is 13.7. The maximum Gasteiger partial charge on any atom is 0.273 e. The van der Waals surface area contributed by atoms with Crippen molar-refractivity contribution in [3.8, 4) is 5.69 Å². The van der Waals surface area contributed by atoms with Crippen LogP contribution in [0.25, 0.3) is 5.69 Å². The summed E-state index contributed by atoms with van der Waals surface area (Å²) in [5, 5.41) is 5.38. The number of aromatic nitrogens is 2. The number of hydrogen-bond donors (Lipinski definition) is 0. The highest BCUT2D eigenvalue weighted by Gasteiger charge is 2.53. The van der Waals surface area contributed by atoms with Crippen LogP contribution in [0.4, 0.5) is 0 Å². The van der Waals surface area contributed by atoms with Gasteiger partial charge in [-0.05, 0) is 55.5 Å². The summed E-state index contributed by atoms with van der Waals surface area (Å²) < 4.78 is 1.81. The van der Waals surface area contributed by atoms with Crippen LogP contribution in [-0.2, 0) is 11.2 Å². The van der Waals surface area contributed by atoms with E-state index in [1.807, 2.05) is 71.1 Å². The quantitative estimate of drug-likeness (QED) is 0.573. The normalized spacial score (nSPS) is 20.2. The fourth-order valence-corrected chi connectivity index (χ4v) is 5.49. The Bertz CT molecular complexity index is 1240. The molecule has 1 aromatic heterocycles. The molecule has 7 heteroatoms. The molecule has 1 aliphatic carbocycles. The van der Waals surface area contributed by atoms with Crippen molar-refractivity contribution in [2.75, 3.05) is 13.1 Å². The molecule has 2 aromatic carbocycles. The van der Waals surface area contributed by atoms with E-state index in [-0.39, 0.29) is 23.9 Å². The molecule has 1 unspecified atom stereocenters. The second kappa shape index (κ2) is 7.73. The number of hydrogen-bond acceptors (Lipinski definition) is 3. The molecule has 6 rings (SSSR count). The monoisotopic (exact) mass is 460 g/mol. The minimum atomic E-state index is 0.0401. The van der Waals surface area contributed by atoms with Crippen molar-refractivity contribution in [2.24, 2.45) is 5.92 Å². The minimum Gasteiger partial charge on any atom is -0.338 e. The fourth-order valence-electron chi connectivity index (χ4n) is 5.28. The second-order valence-corrected chi connectivity index (χ2v) is 9.79. The topological polar surface area (TPSA) is 58.4 Å². The molecule has 1 saturated carbocycles. The summed E-state index contributed by atoms with van der Waals surface area (Å²) in [6.07, 6.45) is 2.59. The number of amides is 2. The van der Waals surface area contributed by atoms with Crippen LogP contribution in [0.5, 0.6) is 0 Å². The zero-order valence-corrected chi connectivity index (χ0v) is 19.2. The Morgan fingerprint density at radius 1 is 1.09 bits per heavy atom. The smallest absolute Gasteiger partial charge is 0.273 e. The van der Waals surface area contributed by atoms with Crippen molar-refractivity contribution in [2.45, 2.75) is 38.3 Å². The molecule has 2 aliphatic heterocycles. The van der Waals surface area contributed by atoms with Gasteiger partial charge < -0.3 is 9.80 Å². The van der Waals surface area contributed by atoms with E-state index in [0.717, 1.165) is 35.3 Å². The molecular weight excluding hydrogens is 436 g/mol. The van der Waals surface area contributed by atoms with Gasteiger partial charge >= 0.3 is 0 Å². The zero-order valence-electron chi connectivity index (χ0n) is 18.4. The summed E-state index contributed by atoms with van der Waals surface area (Å²) in [6.45, 7) is 3.17. The first-order chi connectivity index (χ1) is 16.0. The molecule has 6 nitrogen and oxygen atoms in total. The first-order valence-corrected chi connectivity index (χ1v) is 11.9. The van der Waals surface area contributed by atoms with Crippen LogP contribution in [0.2, 0.25) is 5.02 Å². The Labute approximate surface area is 197 Å². The second-order valence-electron chi connectivity index (χ2n) is 9.35. The highest BCUT2D eigenvalue weighted by atomic mass is 35.5. The van der Waals surface area contributed by atoms with Gasteiger partial charge in [-0.3, -0.25) is 9.59 Å². The Balaban J connectivity index is 1.23. The molecule has 33 heavy (non-hydrogen) atoms. The van der Waals surface area contributed by atoms with Crippen LogP contribution in [0.1, 0.15) is 46.2 Å². The Hall–Kier alpha value is -3.12. The number of benzene rings is 2. The van der Waals surface area contributed by atoms with E-state index in [9.17, 15) is 9.59 Å². The van der Waals surface area contributed by atoms with Gasteiger partial charge in [-0.2, -0.15) is 5.10 Å². The van der Waals surface area contributed by atoms with E-state index in [1.54, 1.807) is 0 Å². The predicted molar refractivity (Wildman–Crippen MR) is 125 cm³/mol. The molecule has 0 radical (unpaired) electrons. The number of likely N-dealkylation sites (tertiary alicyclic amines) is 1. The number of para-hydroxylation sites is 1. The lowest BCUT2D eigenvalue weighted by molar-refractivity contribution is -0.137. The molecule has 0 spiro atoms. The lowest BCUT2D eigenvalue weighted by Gasteiger charge is -2.46. The maximum absolute atomic E-state index is 13.7. The van der Waals surface area contributed by atoms with Gasteiger partial charge in [-0.1, -0.05) is 41.9 Å². The van der Waals surface area contributed by atoms with Gasteiger partial charge in [0.25, 0.3) is 5.91 Å². The average molecular weight is 461 g/mol. The first-order valence-electron chi connectivity index (χ1n) is 11.5. The number of carbonyl (C=O) groups excluding carboxylic acids is 2. The highest BCUT2D eigenvalue weighted by Crippen LogP contribution is 2.52. The zero-order chi connectivity index (χ0) is 22.7. The van der Waals surface area contributed by atoms with Crippen molar-refractivity contribution in [3.63, 3.8) is 0 Å². The molecular formula is C26H25ClN4O2. The lowest BCUT2D eigenvalue weighted by Crippen LogP contribution is -2.62. The number of carbonyl (C=O) groups is 2. The van der Waals surface area contributed by atoms with Crippen molar-refractivity contribution >= 4 is 23.4 Å². The summed E-state index contributed by atoms with van der Waals surface area (Å²) >= 11 is 6.06. The van der Waals surface area contributed by atoms with Gasteiger partial charge in [-0.25, -0.2) is 4.68 Å². The molecule has 1 saturated heterocycles. The molecule has 0 N–H and O–H groups in total. The fraction of sp³-hybridized carbons (Fsp3) is 0.346. The van der Waals surface area contributed by atoms with E-state index < -0.39 is 0 Å². The summed E-state index contributed by atoms with van der Waals surface area (Å²) in [4.78, 5) is 30.4. The highest BCUT2D eigenvalue weighted by molar-refractivity contribution is 6.30. The SMILES string of the molecule is Cc1nn(-c2ccccc2)c2c1C(C1CC1)N(C1CN(C(=O)Cc3cccc(Cl)c3)C1)C2=O. The number of rotatable bonds is 5. The van der Waals surface area contributed by atoms with Crippen LogP contribution in [-0.4, -0.2) is 50.5 Å². The number of halogens is 1. The van der Waals surface area contributed by atoms with Crippen LogP contribution in [0, 0.1) is 12.8 Å². The van der Waals surface area contributed by atoms with Gasteiger partial charge in [0.2, 0.25) is 5.91 Å². The first kappa shape index (κ1) is 20.5.